The maximum atomic E-state index is 12.8. The third-order valence-corrected chi connectivity index (χ3v) is 4.91. The van der Waals surface area contributed by atoms with Crippen LogP contribution in [0.1, 0.15) is 6.42 Å². The Balaban J connectivity index is 2.57. The highest BCUT2D eigenvalue weighted by Gasteiger charge is 2.49. The van der Waals surface area contributed by atoms with Gasteiger partial charge >= 0.3 is 5.51 Å². The maximum Gasteiger partial charge on any atom is 0.501 e. The molecule has 22 heavy (non-hydrogen) atoms. The molecule has 6 nitrogen and oxygen atoms in total. The number of carbonyl (C=O) groups excluding carboxylic acids is 1. The summed E-state index contributed by atoms with van der Waals surface area (Å²) in [5.41, 5.74) is -0.605. The number of para-hydroxylation sites is 1. The Labute approximate surface area is 124 Å². The van der Waals surface area contributed by atoms with E-state index in [1.54, 1.807) is 0 Å². The van der Waals surface area contributed by atoms with Crippen molar-refractivity contribution in [2.24, 2.45) is 5.73 Å². The predicted octanol–water partition coefficient (Wildman–Crippen LogP) is 0.405. The second-order valence-corrected chi connectivity index (χ2v) is 6.79. The zero-order valence-corrected chi connectivity index (χ0v) is 11.9. The second kappa shape index (κ2) is 5.43. The number of nitrogens with two attached hydrogens (primary N) is 1. The molecule has 1 heterocycles. The molecule has 0 bridgehead atoms. The van der Waals surface area contributed by atoms with E-state index in [0.717, 1.165) is 23.1 Å². The number of aliphatic hydroxyl groups is 1. The SMILES string of the molecule is NC(=O)[C@@H]1C[C@H](O)CN1c1ccccc1S(=O)(=O)C(F)(F)F. The highest BCUT2D eigenvalue weighted by molar-refractivity contribution is 7.92. The van der Waals surface area contributed by atoms with Crippen LogP contribution in [0.3, 0.4) is 0 Å². The van der Waals surface area contributed by atoms with E-state index in [4.69, 9.17) is 5.73 Å². The molecule has 0 spiro atoms. The molecule has 1 aliphatic rings. The molecule has 0 aromatic heterocycles. The van der Waals surface area contributed by atoms with Crippen LogP contribution in [0, 0.1) is 0 Å². The van der Waals surface area contributed by atoms with Gasteiger partial charge in [0.1, 0.15) is 6.04 Å². The lowest BCUT2D eigenvalue weighted by atomic mass is 10.2. The quantitative estimate of drug-likeness (QED) is 0.831. The number of anilines is 1. The number of hydrogen-bond acceptors (Lipinski definition) is 5. The fourth-order valence-corrected chi connectivity index (χ4v) is 3.36. The van der Waals surface area contributed by atoms with E-state index in [9.17, 15) is 31.5 Å². The van der Waals surface area contributed by atoms with Crippen molar-refractivity contribution >= 4 is 21.4 Å². The number of sulfone groups is 1. The molecule has 0 saturated carbocycles. The summed E-state index contributed by atoms with van der Waals surface area (Å²) < 4.78 is 61.6. The van der Waals surface area contributed by atoms with E-state index in [1.165, 1.54) is 6.07 Å². The number of halogens is 3. The van der Waals surface area contributed by atoms with E-state index in [0.29, 0.717) is 0 Å². The van der Waals surface area contributed by atoms with Gasteiger partial charge in [-0.1, -0.05) is 12.1 Å². The molecule has 0 unspecified atom stereocenters. The van der Waals surface area contributed by atoms with E-state index in [-0.39, 0.29) is 18.7 Å². The Hall–Kier alpha value is -1.81. The molecule has 1 aromatic rings. The zero-order valence-electron chi connectivity index (χ0n) is 11.1. The van der Waals surface area contributed by atoms with Crippen LogP contribution in [0.25, 0.3) is 0 Å². The monoisotopic (exact) mass is 338 g/mol. The smallest absolute Gasteiger partial charge is 0.391 e. The number of aliphatic hydroxyl groups excluding tert-OH is 1. The summed E-state index contributed by atoms with van der Waals surface area (Å²) in [6.45, 7) is -0.183. The van der Waals surface area contributed by atoms with Crippen LogP contribution in [0.2, 0.25) is 0 Å². The number of hydrogen-bond donors (Lipinski definition) is 2. The van der Waals surface area contributed by atoms with Gasteiger partial charge < -0.3 is 15.7 Å². The second-order valence-electron chi connectivity index (χ2n) is 4.88. The lowest BCUT2D eigenvalue weighted by molar-refractivity contribution is -0.119. The molecule has 1 amide bonds. The predicted molar refractivity (Wildman–Crippen MR) is 70.6 cm³/mol. The van der Waals surface area contributed by atoms with Gasteiger partial charge in [0, 0.05) is 13.0 Å². The van der Waals surface area contributed by atoms with Crippen molar-refractivity contribution < 1.29 is 31.5 Å². The Morgan fingerprint density at radius 1 is 1.32 bits per heavy atom. The first-order chi connectivity index (χ1) is 10.1. The first kappa shape index (κ1) is 16.6. The first-order valence-electron chi connectivity index (χ1n) is 6.20. The van der Waals surface area contributed by atoms with Crippen LogP contribution in [0.4, 0.5) is 18.9 Å². The van der Waals surface area contributed by atoms with Gasteiger partial charge in [0.05, 0.1) is 16.7 Å². The van der Waals surface area contributed by atoms with Crippen LogP contribution in [0.15, 0.2) is 29.2 Å². The van der Waals surface area contributed by atoms with E-state index in [2.05, 4.69) is 0 Å². The highest BCUT2D eigenvalue weighted by atomic mass is 32.2. The molecular weight excluding hydrogens is 325 g/mol. The molecule has 1 saturated heterocycles. The zero-order chi connectivity index (χ0) is 16.7. The average molecular weight is 338 g/mol. The number of benzene rings is 1. The van der Waals surface area contributed by atoms with Crippen molar-refractivity contribution in [3.05, 3.63) is 24.3 Å². The van der Waals surface area contributed by atoms with Gasteiger partial charge in [0.25, 0.3) is 9.84 Å². The van der Waals surface area contributed by atoms with Crippen molar-refractivity contribution in [3.63, 3.8) is 0 Å². The summed E-state index contributed by atoms with van der Waals surface area (Å²) in [7, 11) is -5.59. The third-order valence-electron chi connectivity index (χ3n) is 3.38. The molecule has 0 radical (unpaired) electrons. The molecule has 1 aliphatic heterocycles. The number of amides is 1. The van der Waals surface area contributed by atoms with Crippen LogP contribution in [-0.4, -0.2) is 43.6 Å². The molecule has 2 atom stereocenters. The largest absolute Gasteiger partial charge is 0.501 e. The van der Waals surface area contributed by atoms with Crippen LogP contribution in [-0.2, 0) is 14.6 Å². The number of β-amino-alcohol motifs (C(OH)–C–C–N with tert-alkyl or cyclic N) is 1. The Kier molecular flexibility index (Phi) is 4.09. The number of primary amides is 1. The Bertz CT molecular complexity index is 690. The molecule has 122 valence electrons. The van der Waals surface area contributed by atoms with Crippen molar-refractivity contribution in [1.29, 1.82) is 0 Å². The lowest BCUT2D eigenvalue weighted by Gasteiger charge is -2.26. The summed E-state index contributed by atoms with van der Waals surface area (Å²) in [5, 5.41) is 9.61. The first-order valence-corrected chi connectivity index (χ1v) is 7.68. The van der Waals surface area contributed by atoms with Gasteiger partial charge in [-0.3, -0.25) is 4.79 Å². The highest BCUT2D eigenvalue weighted by Crippen LogP contribution is 2.38. The summed E-state index contributed by atoms with van der Waals surface area (Å²) in [4.78, 5) is 11.5. The van der Waals surface area contributed by atoms with Crippen LogP contribution >= 0.6 is 0 Å². The van der Waals surface area contributed by atoms with Gasteiger partial charge in [-0.15, -0.1) is 0 Å². The minimum Gasteiger partial charge on any atom is -0.391 e. The van der Waals surface area contributed by atoms with Crippen LogP contribution in [0.5, 0.6) is 0 Å². The molecule has 0 aliphatic carbocycles. The van der Waals surface area contributed by atoms with Gasteiger partial charge in [0.15, 0.2) is 0 Å². The summed E-state index contributed by atoms with van der Waals surface area (Å²) in [6, 6.07) is 3.37. The normalized spacial score (nSPS) is 22.8. The van der Waals surface area contributed by atoms with Gasteiger partial charge in [-0.2, -0.15) is 13.2 Å². The Morgan fingerprint density at radius 2 is 1.91 bits per heavy atom. The van der Waals surface area contributed by atoms with E-state index < -0.39 is 38.3 Å². The molecule has 2 rings (SSSR count). The standard InChI is InChI=1S/C12H13F3N2O4S/c13-12(14,15)22(20,21)10-4-2-1-3-8(10)17-6-7(18)5-9(17)11(16)19/h1-4,7,9,18H,5-6H2,(H2,16,19)/t7-,9-/m0/s1. The number of alkyl halides is 3. The molecule has 1 aromatic carbocycles. The third kappa shape index (κ3) is 2.75. The summed E-state index contributed by atoms with van der Waals surface area (Å²) >= 11 is 0. The summed E-state index contributed by atoms with van der Waals surface area (Å²) in [6.07, 6.45) is -1.06. The average Bonchev–Trinajstić information content (AvgIpc) is 2.79. The topological polar surface area (TPSA) is 101 Å². The van der Waals surface area contributed by atoms with Crippen molar-refractivity contribution in [2.75, 3.05) is 11.4 Å². The lowest BCUT2D eigenvalue weighted by Crippen LogP contribution is -2.41. The minimum atomic E-state index is -5.59. The van der Waals surface area contributed by atoms with Gasteiger partial charge in [0.2, 0.25) is 5.91 Å². The van der Waals surface area contributed by atoms with E-state index in [1.807, 2.05) is 0 Å². The number of nitrogens with zero attached hydrogens (tertiary/aromatic N) is 1. The van der Waals surface area contributed by atoms with Crippen molar-refractivity contribution in [3.8, 4) is 0 Å². The molecule has 3 N–H and O–H groups in total. The van der Waals surface area contributed by atoms with Gasteiger partial charge in [-0.25, -0.2) is 8.42 Å². The fourth-order valence-electron chi connectivity index (χ4n) is 2.40. The van der Waals surface area contributed by atoms with Gasteiger partial charge in [-0.05, 0) is 12.1 Å². The fraction of sp³-hybridized carbons (Fsp3) is 0.417. The molecule has 1 fully saturated rings. The van der Waals surface area contributed by atoms with E-state index >= 15 is 0 Å². The maximum absolute atomic E-state index is 12.8. The number of rotatable bonds is 3. The Morgan fingerprint density at radius 3 is 2.45 bits per heavy atom. The summed E-state index contributed by atoms with van der Waals surface area (Å²) in [5.74, 6) is -0.851. The number of carbonyl (C=O) groups is 1. The molecule has 10 heteroatoms. The molecular formula is C12H13F3N2O4S. The van der Waals surface area contributed by atoms with Crippen molar-refractivity contribution in [1.82, 2.24) is 0 Å². The van der Waals surface area contributed by atoms with Crippen molar-refractivity contribution in [2.45, 2.75) is 29.0 Å². The van der Waals surface area contributed by atoms with Crippen LogP contribution < -0.4 is 10.6 Å². The minimum absolute atomic E-state index is 0.0737.